The van der Waals surface area contributed by atoms with Gasteiger partial charge in [0.05, 0.1) is 29.1 Å². The number of thiazole rings is 1. The van der Waals surface area contributed by atoms with Crippen molar-refractivity contribution in [3.63, 3.8) is 0 Å². The van der Waals surface area contributed by atoms with Gasteiger partial charge in [0.1, 0.15) is 5.82 Å². The molecule has 1 aliphatic rings. The lowest BCUT2D eigenvalue weighted by Crippen LogP contribution is -2.36. The SMILES string of the molecule is O=C(Nc1ccc(N2CCOCC2)c(F)c1)c1nc2cc(Cl)ccc2s1. The third kappa shape index (κ3) is 3.51. The number of carbonyl (C=O) groups is 1. The molecule has 0 unspecified atom stereocenters. The normalized spacial score (nSPS) is 14.6. The van der Waals surface area contributed by atoms with E-state index in [4.69, 9.17) is 16.3 Å². The molecule has 0 atom stereocenters. The van der Waals surface area contributed by atoms with Gasteiger partial charge in [0.15, 0.2) is 5.01 Å². The van der Waals surface area contributed by atoms with Crippen molar-refractivity contribution in [1.82, 2.24) is 4.98 Å². The van der Waals surface area contributed by atoms with Crippen LogP contribution in [-0.2, 0) is 4.74 Å². The predicted molar refractivity (Wildman–Crippen MR) is 102 cm³/mol. The number of nitrogens with zero attached hydrogens (tertiary/aromatic N) is 2. The minimum atomic E-state index is -0.374. The maximum Gasteiger partial charge on any atom is 0.284 e. The molecular formula is C18H15ClFN3O2S. The lowest BCUT2D eigenvalue weighted by Gasteiger charge is -2.29. The van der Waals surface area contributed by atoms with Crippen molar-refractivity contribution < 1.29 is 13.9 Å². The van der Waals surface area contributed by atoms with Crippen LogP contribution in [0.25, 0.3) is 10.2 Å². The quantitative estimate of drug-likeness (QED) is 0.727. The summed E-state index contributed by atoms with van der Waals surface area (Å²) in [5.74, 6) is -0.748. The highest BCUT2D eigenvalue weighted by molar-refractivity contribution is 7.20. The van der Waals surface area contributed by atoms with Crippen LogP contribution in [0.15, 0.2) is 36.4 Å². The molecule has 26 heavy (non-hydrogen) atoms. The standard InChI is InChI=1S/C18H15ClFN3O2S/c19-11-1-4-16-14(9-11)22-18(26-16)17(24)21-12-2-3-15(13(20)10-12)23-5-7-25-8-6-23/h1-4,9-10H,5-8H2,(H,21,24). The molecular weight excluding hydrogens is 377 g/mol. The zero-order valence-corrected chi connectivity index (χ0v) is 15.2. The summed E-state index contributed by atoms with van der Waals surface area (Å²) in [6.45, 7) is 2.47. The van der Waals surface area contributed by atoms with Crippen molar-refractivity contribution in [2.75, 3.05) is 36.5 Å². The summed E-state index contributed by atoms with van der Waals surface area (Å²) in [7, 11) is 0. The lowest BCUT2D eigenvalue weighted by molar-refractivity contribution is 0.102. The summed E-state index contributed by atoms with van der Waals surface area (Å²) < 4.78 is 20.6. The minimum Gasteiger partial charge on any atom is -0.378 e. The smallest absolute Gasteiger partial charge is 0.284 e. The van der Waals surface area contributed by atoms with E-state index in [0.717, 1.165) is 4.70 Å². The number of ether oxygens (including phenoxy) is 1. The van der Waals surface area contributed by atoms with Gasteiger partial charge in [-0.25, -0.2) is 9.37 Å². The van der Waals surface area contributed by atoms with Crippen LogP contribution in [0, 0.1) is 5.82 Å². The number of amides is 1. The van der Waals surface area contributed by atoms with Crippen LogP contribution in [-0.4, -0.2) is 37.2 Å². The van der Waals surface area contributed by atoms with Crippen molar-refractivity contribution in [1.29, 1.82) is 0 Å². The fourth-order valence-corrected chi connectivity index (χ4v) is 3.84. The Bertz CT molecular complexity index is 972. The van der Waals surface area contributed by atoms with Gasteiger partial charge < -0.3 is 15.0 Å². The molecule has 8 heteroatoms. The Kier molecular flexibility index (Phi) is 4.76. The topological polar surface area (TPSA) is 54.5 Å². The summed E-state index contributed by atoms with van der Waals surface area (Å²) >= 11 is 7.21. The van der Waals surface area contributed by atoms with Gasteiger partial charge in [0.25, 0.3) is 5.91 Å². The van der Waals surface area contributed by atoms with Crippen molar-refractivity contribution in [3.05, 3.63) is 52.2 Å². The van der Waals surface area contributed by atoms with E-state index in [1.807, 2.05) is 11.0 Å². The van der Waals surface area contributed by atoms with E-state index in [2.05, 4.69) is 10.3 Å². The number of fused-ring (bicyclic) bond motifs is 1. The molecule has 1 saturated heterocycles. The number of hydrogen-bond acceptors (Lipinski definition) is 5. The molecule has 1 N–H and O–H groups in total. The Morgan fingerprint density at radius 2 is 2.04 bits per heavy atom. The number of carbonyl (C=O) groups excluding carboxylic acids is 1. The number of halogens is 2. The molecule has 1 aliphatic heterocycles. The maximum absolute atomic E-state index is 14.4. The molecule has 1 amide bonds. The third-order valence-electron chi connectivity index (χ3n) is 4.10. The summed E-state index contributed by atoms with van der Waals surface area (Å²) in [4.78, 5) is 18.6. The molecule has 4 rings (SSSR count). The van der Waals surface area contributed by atoms with Crippen LogP contribution in [0.2, 0.25) is 5.02 Å². The average molecular weight is 392 g/mol. The van der Waals surface area contributed by atoms with Crippen LogP contribution < -0.4 is 10.2 Å². The number of morpholine rings is 1. The first kappa shape index (κ1) is 17.2. The van der Waals surface area contributed by atoms with E-state index in [1.165, 1.54) is 17.4 Å². The van der Waals surface area contributed by atoms with Gasteiger partial charge in [-0.15, -0.1) is 11.3 Å². The fraction of sp³-hybridized carbons (Fsp3) is 0.222. The zero-order valence-electron chi connectivity index (χ0n) is 13.7. The molecule has 1 aromatic heterocycles. The van der Waals surface area contributed by atoms with E-state index < -0.39 is 0 Å². The van der Waals surface area contributed by atoms with Crippen molar-refractivity contribution in [2.45, 2.75) is 0 Å². The fourth-order valence-electron chi connectivity index (χ4n) is 2.83. The second-order valence-electron chi connectivity index (χ2n) is 5.85. The predicted octanol–water partition coefficient (Wildman–Crippen LogP) is 4.18. The monoisotopic (exact) mass is 391 g/mol. The third-order valence-corrected chi connectivity index (χ3v) is 5.37. The molecule has 5 nitrogen and oxygen atoms in total. The highest BCUT2D eigenvalue weighted by Gasteiger charge is 2.17. The highest BCUT2D eigenvalue weighted by atomic mass is 35.5. The Labute approximate surface area is 158 Å². The van der Waals surface area contributed by atoms with Crippen LogP contribution in [0.4, 0.5) is 15.8 Å². The second kappa shape index (κ2) is 7.19. The van der Waals surface area contributed by atoms with Gasteiger partial charge in [-0.3, -0.25) is 4.79 Å². The average Bonchev–Trinajstić information content (AvgIpc) is 3.06. The zero-order chi connectivity index (χ0) is 18.1. The van der Waals surface area contributed by atoms with Gasteiger partial charge in [-0.2, -0.15) is 0 Å². The Morgan fingerprint density at radius 3 is 2.81 bits per heavy atom. The lowest BCUT2D eigenvalue weighted by atomic mass is 10.2. The van der Waals surface area contributed by atoms with Crippen LogP contribution in [0.1, 0.15) is 9.80 Å². The number of hydrogen-bond donors (Lipinski definition) is 1. The number of rotatable bonds is 3. The summed E-state index contributed by atoms with van der Waals surface area (Å²) in [5.41, 5.74) is 1.57. The summed E-state index contributed by atoms with van der Waals surface area (Å²) in [6, 6.07) is 9.98. The molecule has 2 heterocycles. The molecule has 134 valence electrons. The Morgan fingerprint density at radius 1 is 1.23 bits per heavy atom. The highest BCUT2D eigenvalue weighted by Crippen LogP contribution is 2.27. The number of benzene rings is 2. The summed E-state index contributed by atoms with van der Waals surface area (Å²) in [5, 5.41) is 3.57. The maximum atomic E-state index is 14.4. The molecule has 2 aromatic carbocycles. The minimum absolute atomic E-state index is 0.305. The van der Waals surface area contributed by atoms with E-state index >= 15 is 0 Å². The van der Waals surface area contributed by atoms with Crippen molar-refractivity contribution in [3.8, 4) is 0 Å². The first-order valence-electron chi connectivity index (χ1n) is 8.10. The van der Waals surface area contributed by atoms with Crippen LogP contribution >= 0.6 is 22.9 Å². The van der Waals surface area contributed by atoms with Gasteiger partial charge in [0.2, 0.25) is 0 Å². The summed E-state index contributed by atoms with van der Waals surface area (Å²) in [6.07, 6.45) is 0. The number of nitrogens with one attached hydrogen (secondary N) is 1. The van der Waals surface area contributed by atoms with Crippen LogP contribution in [0.5, 0.6) is 0 Å². The van der Waals surface area contributed by atoms with Gasteiger partial charge in [0, 0.05) is 23.8 Å². The van der Waals surface area contributed by atoms with Crippen LogP contribution in [0.3, 0.4) is 0 Å². The molecule has 1 fully saturated rings. The van der Waals surface area contributed by atoms with E-state index in [1.54, 1.807) is 24.3 Å². The van der Waals surface area contributed by atoms with Gasteiger partial charge in [-0.1, -0.05) is 11.6 Å². The molecule has 0 saturated carbocycles. The Hall–Kier alpha value is -2.22. The van der Waals surface area contributed by atoms with Gasteiger partial charge >= 0.3 is 0 Å². The van der Waals surface area contributed by atoms with E-state index in [0.29, 0.717) is 53.2 Å². The van der Waals surface area contributed by atoms with Crippen molar-refractivity contribution in [2.24, 2.45) is 0 Å². The van der Waals surface area contributed by atoms with E-state index in [-0.39, 0.29) is 11.7 Å². The molecule has 0 radical (unpaired) electrons. The van der Waals surface area contributed by atoms with Crippen molar-refractivity contribution >= 4 is 50.4 Å². The van der Waals surface area contributed by atoms with Gasteiger partial charge in [-0.05, 0) is 36.4 Å². The Balaban J connectivity index is 1.52. The molecule has 0 bridgehead atoms. The largest absolute Gasteiger partial charge is 0.378 e. The van der Waals surface area contributed by atoms with E-state index in [9.17, 15) is 9.18 Å². The first-order chi connectivity index (χ1) is 12.6. The first-order valence-corrected chi connectivity index (χ1v) is 9.29. The number of anilines is 2. The number of aromatic nitrogens is 1. The molecule has 3 aromatic rings. The molecule has 0 spiro atoms. The second-order valence-corrected chi connectivity index (χ2v) is 7.32. The molecule has 0 aliphatic carbocycles.